The molecule has 0 N–H and O–H groups in total. The highest BCUT2D eigenvalue weighted by Crippen LogP contribution is 2.13. The number of unbranched alkanes of at least 4 members (excludes halogenated alkanes) is 13. The lowest BCUT2D eigenvalue weighted by molar-refractivity contribution is -0.671. The Bertz CT molecular complexity index is 865. The van der Waals surface area contributed by atoms with E-state index in [0.717, 1.165) is 25.1 Å². The number of rotatable bonds is 24. The number of hydrogen-bond acceptors (Lipinski definition) is 4. The number of benzene rings is 1. The Kier molecular flexibility index (Phi) is 18.3. The van der Waals surface area contributed by atoms with Crippen LogP contribution in [-0.4, -0.2) is 43.1 Å². The molecule has 1 aromatic heterocycles. The van der Waals surface area contributed by atoms with E-state index in [0.29, 0.717) is 18.8 Å². The van der Waals surface area contributed by atoms with Gasteiger partial charge in [0.25, 0.3) is 0 Å². The van der Waals surface area contributed by atoms with Gasteiger partial charge >= 0.3 is 5.97 Å². The first kappa shape index (κ1) is 33.0. The predicted molar refractivity (Wildman–Crippen MR) is 158 cm³/mol. The van der Waals surface area contributed by atoms with E-state index in [2.05, 4.69) is 11.5 Å². The molecule has 6 heteroatoms. The third-order valence-electron chi connectivity index (χ3n) is 7.13. The summed E-state index contributed by atoms with van der Waals surface area (Å²) in [6.07, 6.45) is 24.7. The highest BCUT2D eigenvalue weighted by molar-refractivity contribution is 5.89. The van der Waals surface area contributed by atoms with Crippen LogP contribution >= 0.6 is 0 Å². The first-order chi connectivity index (χ1) is 19.1. The fraction of sp³-hybridized carbons (Fsp3) is 0.697. The minimum absolute atomic E-state index is 0.201. The highest BCUT2D eigenvalue weighted by Gasteiger charge is 2.14. The van der Waals surface area contributed by atoms with Gasteiger partial charge in [0, 0.05) is 13.2 Å². The fourth-order valence-corrected chi connectivity index (χ4v) is 4.80. The second-order valence-electron chi connectivity index (χ2n) is 10.8. The molecule has 0 aliphatic carbocycles. The average molecular weight is 544 g/mol. The molecule has 0 aliphatic heterocycles. The summed E-state index contributed by atoms with van der Waals surface area (Å²) < 4.78 is 21.2. The fourth-order valence-electron chi connectivity index (χ4n) is 4.80. The van der Waals surface area contributed by atoms with Gasteiger partial charge < -0.3 is 14.2 Å². The van der Waals surface area contributed by atoms with Crippen LogP contribution in [0.25, 0.3) is 0 Å². The van der Waals surface area contributed by atoms with Gasteiger partial charge in [-0.05, 0) is 31.0 Å². The van der Waals surface area contributed by atoms with Gasteiger partial charge in [-0.3, -0.25) is 0 Å². The van der Waals surface area contributed by atoms with Crippen LogP contribution in [0.3, 0.4) is 0 Å². The van der Waals surface area contributed by atoms with Crippen LogP contribution < -0.4 is 4.57 Å². The number of carbonyl (C=O) groups is 1. The third kappa shape index (κ3) is 15.9. The minimum Gasteiger partial charge on any atom is -0.459 e. The molecule has 0 saturated heterocycles. The Morgan fingerprint density at radius 3 is 1.95 bits per heavy atom. The molecule has 1 aromatic carbocycles. The van der Waals surface area contributed by atoms with Crippen molar-refractivity contribution in [3.05, 3.63) is 54.1 Å². The van der Waals surface area contributed by atoms with Crippen molar-refractivity contribution in [3.63, 3.8) is 0 Å². The first-order valence-corrected chi connectivity index (χ1v) is 15.6. The average Bonchev–Trinajstić information content (AvgIpc) is 3.35. The summed E-state index contributed by atoms with van der Waals surface area (Å²) in [4.78, 5) is 12.5. The van der Waals surface area contributed by atoms with Gasteiger partial charge in [0.2, 0.25) is 6.33 Å². The van der Waals surface area contributed by atoms with Crippen LogP contribution in [0.2, 0.25) is 0 Å². The Morgan fingerprint density at radius 1 is 0.821 bits per heavy atom. The zero-order chi connectivity index (χ0) is 28.0. The lowest BCUT2D eigenvalue weighted by Gasteiger charge is -2.17. The van der Waals surface area contributed by atoms with Crippen LogP contribution in [0.4, 0.5) is 0 Å². The minimum atomic E-state index is -0.328. The van der Waals surface area contributed by atoms with E-state index in [4.69, 9.17) is 14.2 Å². The molecule has 0 aliphatic rings. The van der Waals surface area contributed by atoms with E-state index in [-0.39, 0.29) is 18.7 Å². The Morgan fingerprint density at radius 2 is 1.41 bits per heavy atom. The zero-order valence-electron chi connectivity index (χ0n) is 25.1. The van der Waals surface area contributed by atoms with E-state index in [9.17, 15) is 4.79 Å². The zero-order valence-corrected chi connectivity index (χ0v) is 25.1. The summed E-state index contributed by atoms with van der Waals surface area (Å²) in [6, 6.07) is 7.58. The molecule has 1 atom stereocenters. The number of aryl methyl sites for hydroxylation is 1. The van der Waals surface area contributed by atoms with E-state index in [1.165, 1.54) is 83.5 Å². The van der Waals surface area contributed by atoms with Gasteiger partial charge in [-0.15, -0.1) is 0 Å². The molecular formula is C33H55N2O4+. The number of ether oxygens (including phenoxy) is 3. The van der Waals surface area contributed by atoms with Crippen molar-refractivity contribution >= 4 is 5.97 Å². The van der Waals surface area contributed by atoms with Crippen molar-refractivity contribution in [2.75, 3.05) is 26.4 Å². The van der Waals surface area contributed by atoms with E-state index >= 15 is 0 Å². The summed E-state index contributed by atoms with van der Waals surface area (Å²) in [7, 11) is 2.00. The summed E-state index contributed by atoms with van der Waals surface area (Å²) in [5, 5.41) is 0. The number of aromatic nitrogens is 2. The topological polar surface area (TPSA) is 53.6 Å². The van der Waals surface area contributed by atoms with Gasteiger partial charge in [-0.25, -0.2) is 13.9 Å². The number of esters is 1. The first-order valence-electron chi connectivity index (χ1n) is 15.6. The molecule has 6 nitrogen and oxygen atoms in total. The van der Waals surface area contributed by atoms with Gasteiger partial charge in [-0.2, -0.15) is 0 Å². The number of nitrogens with zero attached hydrogens (tertiary/aromatic N) is 2. The van der Waals surface area contributed by atoms with Crippen molar-refractivity contribution in [3.8, 4) is 0 Å². The molecule has 0 spiro atoms. The van der Waals surface area contributed by atoms with E-state index < -0.39 is 0 Å². The van der Waals surface area contributed by atoms with Crippen molar-refractivity contribution in [1.29, 1.82) is 0 Å². The maximum atomic E-state index is 12.5. The van der Waals surface area contributed by atoms with Crippen molar-refractivity contribution in [2.24, 2.45) is 7.05 Å². The van der Waals surface area contributed by atoms with E-state index in [1.54, 1.807) is 0 Å². The normalized spacial score (nSPS) is 12.1. The standard InChI is InChI=1S/C33H55N2O4/c1-4-6-7-8-9-10-11-12-13-14-15-16-17-18-25-37-27-32(38-5-2)28-39-33(36)31-21-19-30(20-22-31)26-35-24-23-34(3)29-35/h19-24,29,32H,4-18,25-28H2,1-3H3/q+1. The molecule has 39 heavy (non-hydrogen) atoms. The van der Waals surface area contributed by atoms with Crippen molar-refractivity contribution < 1.29 is 23.6 Å². The molecule has 0 bridgehead atoms. The summed E-state index contributed by atoms with van der Waals surface area (Å²) in [5.41, 5.74) is 1.68. The van der Waals surface area contributed by atoms with Crippen LogP contribution in [0.15, 0.2) is 43.0 Å². The molecule has 0 fully saturated rings. The van der Waals surface area contributed by atoms with Gasteiger partial charge in [0.15, 0.2) is 0 Å². The summed E-state index contributed by atoms with van der Waals surface area (Å²) >= 11 is 0. The SMILES string of the molecule is CCCCCCCCCCCCCCCCOCC(COC(=O)c1ccc(Cn2cc[n+](C)c2)cc1)OCC. The van der Waals surface area contributed by atoms with Crippen LogP contribution in [0.1, 0.15) is 120 Å². The Balaban J connectivity index is 1.48. The molecule has 0 amide bonds. The third-order valence-corrected chi connectivity index (χ3v) is 7.13. The summed E-state index contributed by atoms with van der Waals surface area (Å²) in [6.45, 7) is 6.94. The number of imidazole rings is 1. The van der Waals surface area contributed by atoms with Gasteiger partial charge in [0.1, 0.15) is 31.6 Å². The van der Waals surface area contributed by atoms with E-state index in [1.807, 2.05) is 61.5 Å². The van der Waals surface area contributed by atoms with Crippen LogP contribution in [-0.2, 0) is 27.8 Å². The monoisotopic (exact) mass is 543 g/mol. The lowest BCUT2D eigenvalue weighted by atomic mass is 10.0. The largest absolute Gasteiger partial charge is 0.459 e. The van der Waals surface area contributed by atoms with Crippen LogP contribution in [0.5, 0.6) is 0 Å². The molecule has 1 heterocycles. The summed E-state index contributed by atoms with van der Waals surface area (Å²) in [5.74, 6) is -0.328. The molecule has 0 saturated carbocycles. The quantitative estimate of drug-likeness (QED) is 0.0785. The molecule has 2 rings (SSSR count). The second-order valence-corrected chi connectivity index (χ2v) is 10.8. The van der Waals surface area contributed by atoms with Crippen LogP contribution in [0, 0.1) is 0 Å². The van der Waals surface area contributed by atoms with Gasteiger partial charge in [0.05, 0.1) is 19.2 Å². The maximum Gasteiger partial charge on any atom is 0.338 e. The molecule has 220 valence electrons. The van der Waals surface area contributed by atoms with Crippen molar-refractivity contribution in [1.82, 2.24) is 4.57 Å². The van der Waals surface area contributed by atoms with Crippen molar-refractivity contribution in [2.45, 2.75) is 116 Å². The Hall–Kier alpha value is -2.18. The number of hydrogen-bond donors (Lipinski definition) is 0. The maximum absolute atomic E-state index is 12.5. The smallest absolute Gasteiger partial charge is 0.338 e. The molecular weight excluding hydrogens is 488 g/mol. The van der Waals surface area contributed by atoms with Gasteiger partial charge in [-0.1, -0.05) is 103 Å². The highest BCUT2D eigenvalue weighted by atomic mass is 16.6. The molecule has 2 aromatic rings. The second kappa shape index (κ2) is 21.6. The lowest BCUT2D eigenvalue weighted by Crippen LogP contribution is -2.27. The molecule has 1 unspecified atom stereocenters. The molecule has 0 radical (unpaired) electrons. The predicted octanol–water partition coefficient (Wildman–Crippen LogP) is 7.42. The Labute approximate surface area is 238 Å². The number of carbonyl (C=O) groups excluding carboxylic acids is 1.